The Morgan fingerprint density at radius 1 is 1.39 bits per heavy atom. The van der Waals surface area contributed by atoms with Gasteiger partial charge in [0, 0.05) is 6.04 Å². The van der Waals surface area contributed by atoms with Crippen molar-refractivity contribution >= 4 is 23.1 Å². The largest absolute Gasteiger partial charge is 0.394 e. The van der Waals surface area contributed by atoms with E-state index in [4.69, 9.17) is 17.3 Å². The second-order valence-electron chi connectivity index (χ2n) is 5.94. The molecule has 2 rings (SSSR count). The average Bonchev–Trinajstić information content (AvgIpc) is 2.24. The monoisotopic (exact) mass is 268 g/mol. The number of aromatic nitrogens is 2. The molecule has 1 heterocycles. The van der Waals surface area contributed by atoms with Crippen molar-refractivity contribution in [2.45, 2.75) is 52.5 Å². The van der Waals surface area contributed by atoms with Crippen LogP contribution in [0.2, 0.25) is 5.28 Å². The first kappa shape index (κ1) is 13.4. The summed E-state index contributed by atoms with van der Waals surface area (Å²) in [6, 6.07) is 0.418. The van der Waals surface area contributed by atoms with Crippen LogP contribution in [0.1, 0.15) is 45.2 Å². The maximum absolute atomic E-state index is 5.99. The Morgan fingerprint density at radius 2 is 2.11 bits per heavy atom. The van der Waals surface area contributed by atoms with Gasteiger partial charge in [0.25, 0.3) is 0 Å². The summed E-state index contributed by atoms with van der Waals surface area (Å²) >= 11 is 5.88. The van der Waals surface area contributed by atoms with E-state index in [1.54, 1.807) is 0 Å². The Bertz CT molecular complexity index is 445. The summed E-state index contributed by atoms with van der Waals surface area (Å²) in [7, 11) is 0. The average molecular weight is 269 g/mol. The molecule has 1 aromatic heterocycles. The minimum atomic E-state index is 0.249. The number of aryl methyl sites for hydroxylation is 1. The van der Waals surface area contributed by atoms with E-state index in [9.17, 15) is 0 Å². The first-order valence-corrected chi connectivity index (χ1v) is 6.81. The zero-order valence-electron chi connectivity index (χ0n) is 11.3. The van der Waals surface area contributed by atoms with Gasteiger partial charge in [0.1, 0.15) is 0 Å². The van der Waals surface area contributed by atoms with Gasteiger partial charge in [-0.3, -0.25) is 0 Å². The fourth-order valence-electron chi connectivity index (χ4n) is 2.67. The van der Waals surface area contributed by atoms with Crippen LogP contribution in [0.4, 0.5) is 11.5 Å². The molecule has 1 unspecified atom stereocenters. The van der Waals surface area contributed by atoms with Crippen LogP contribution in [0.3, 0.4) is 0 Å². The number of nitrogen functional groups attached to an aromatic ring is 1. The Hall–Kier alpha value is -1.03. The predicted octanol–water partition coefficient (Wildman–Crippen LogP) is 3.40. The van der Waals surface area contributed by atoms with E-state index in [1.807, 2.05) is 6.92 Å². The molecule has 0 amide bonds. The number of halogens is 1. The third kappa shape index (κ3) is 3.05. The van der Waals surface area contributed by atoms with E-state index in [0.29, 0.717) is 23.0 Å². The lowest BCUT2D eigenvalue weighted by molar-refractivity contribution is 0.229. The summed E-state index contributed by atoms with van der Waals surface area (Å²) in [6.07, 6.45) is 4.81. The van der Waals surface area contributed by atoms with E-state index in [2.05, 4.69) is 29.1 Å². The maximum atomic E-state index is 5.99. The van der Waals surface area contributed by atoms with E-state index in [-0.39, 0.29) is 5.28 Å². The highest BCUT2D eigenvalue weighted by Crippen LogP contribution is 2.36. The summed E-state index contributed by atoms with van der Waals surface area (Å²) in [6.45, 7) is 6.46. The van der Waals surface area contributed by atoms with Gasteiger partial charge in [0.15, 0.2) is 5.82 Å². The molecule has 18 heavy (non-hydrogen) atoms. The van der Waals surface area contributed by atoms with Crippen molar-refractivity contribution in [3.63, 3.8) is 0 Å². The molecule has 1 aromatic rings. The highest BCUT2D eigenvalue weighted by molar-refractivity contribution is 6.28. The third-order valence-electron chi connectivity index (χ3n) is 3.65. The predicted molar refractivity (Wildman–Crippen MR) is 75.9 cm³/mol. The van der Waals surface area contributed by atoms with Crippen molar-refractivity contribution in [1.29, 1.82) is 0 Å². The van der Waals surface area contributed by atoms with Crippen molar-refractivity contribution in [1.82, 2.24) is 9.97 Å². The molecular weight excluding hydrogens is 248 g/mol. The number of nitrogens with one attached hydrogen (secondary N) is 1. The van der Waals surface area contributed by atoms with Gasteiger partial charge in [-0.1, -0.05) is 20.3 Å². The molecular formula is C13H21ClN4. The van der Waals surface area contributed by atoms with E-state index in [0.717, 1.165) is 18.5 Å². The Labute approximate surface area is 113 Å². The molecule has 0 radical (unpaired) electrons. The molecule has 1 saturated carbocycles. The van der Waals surface area contributed by atoms with E-state index >= 15 is 0 Å². The molecule has 100 valence electrons. The summed E-state index contributed by atoms with van der Waals surface area (Å²) in [5.74, 6) is 0.676. The third-order valence-corrected chi connectivity index (χ3v) is 3.82. The van der Waals surface area contributed by atoms with Gasteiger partial charge in [0.05, 0.1) is 11.4 Å². The Morgan fingerprint density at radius 3 is 2.78 bits per heavy atom. The van der Waals surface area contributed by atoms with Gasteiger partial charge in [0.2, 0.25) is 5.28 Å². The van der Waals surface area contributed by atoms with Crippen LogP contribution in [0, 0.1) is 12.3 Å². The van der Waals surface area contributed by atoms with Crippen molar-refractivity contribution in [3.8, 4) is 0 Å². The molecule has 0 bridgehead atoms. The number of hydrogen-bond donors (Lipinski definition) is 2. The lowest BCUT2D eigenvalue weighted by Crippen LogP contribution is -2.32. The Balaban J connectivity index is 2.14. The second-order valence-corrected chi connectivity index (χ2v) is 6.28. The van der Waals surface area contributed by atoms with Gasteiger partial charge in [-0.15, -0.1) is 0 Å². The highest BCUT2D eigenvalue weighted by atomic mass is 35.5. The van der Waals surface area contributed by atoms with Crippen molar-refractivity contribution in [2.75, 3.05) is 11.1 Å². The van der Waals surface area contributed by atoms with Crippen LogP contribution in [0.15, 0.2) is 0 Å². The molecule has 0 aliphatic heterocycles. The zero-order chi connectivity index (χ0) is 13.3. The van der Waals surface area contributed by atoms with E-state index < -0.39 is 0 Å². The fraction of sp³-hybridized carbons (Fsp3) is 0.692. The van der Waals surface area contributed by atoms with Gasteiger partial charge < -0.3 is 11.1 Å². The van der Waals surface area contributed by atoms with Gasteiger partial charge in [-0.25, -0.2) is 4.98 Å². The molecule has 3 N–H and O–H groups in total. The number of hydrogen-bond acceptors (Lipinski definition) is 4. The molecule has 0 spiro atoms. The second kappa shape index (κ2) is 4.92. The van der Waals surface area contributed by atoms with Crippen molar-refractivity contribution in [3.05, 3.63) is 11.0 Å². The smallest absolute Gasteiger partial charge is 0.224 e. The Kier molecular flexibility index (Phi) is 3.66. The molecule has 5 heteroatoms. The van der Waals surface area contributed by atoms with Crippen LogP contribution in [-0.2, 0) is 0 Å². The summed E-state index contributed by atoms with van der Waals surface area (Å²) in [5, 5.41) is 3.68. The molecule has 4 nitrogen and oxygen atoms in total. The summed E-state index contributed by atoms with van der Waals surface area (Å²) in [4.78, 5) is 8.24. The molecule has 1 atom stereocenters. The standard InChI is InChI=1S/C13H21ClN4/c1-8-10(15)11(18-12(14)16-8)17-9-5-4-6-13(2,3)7-9/h9H,4-7,15H2,1-3H3,(H,16,17,18). The number of anilines is 2. The number of nitrogens with two attached hydrogens (primary N) is 1. The molecule has 1 aliphatic carbocycles. The topological polar surface area (TPSA) is 63.8 Å². The SMILES string of the molecule is Cc1nc(Cl)nc(NC2CCCC(C)(C)C2)c1N. The lowest BCUT2D eigenvalue weighted by Gasteiger charge is -2.36. The highest BCUT2D eigenvalue weighted by Gasteiger charge is 2.28. The minimum Gasteiger partial charge on any atom is -0.394 e. The zero-order valence-corrected chi connectivity index (χ0v) is 12.0. The fourth-order valence-corrected chi connectivity index (χ4v) is 2.88. The maximum Gasteiger partial charge on any atom is 0.224 e. The van der Waals surface area contributed by atoms with E-state index in [1.165, 1.54) is 12.8 Å². The van der Waals surface area contributed by atoms with Gasteiger partial charge in [-0.2, -0.15) is 4.98 Å². The summed E-state index contributed by atoms with van der Waals surface area (Å²) in [5.41, 5.74) is 7.70. The van der Waals surface area contributed by atoms with Crippen molar-refractivity contribution < 1.29 is 0 Å². The van der Waals surface area contributed by atoms with Crippen LogP contribution in [-0.4, -0.2) is 16.0 Å². The van der Waals surface area contributed by atoms with Crippen molar-refractivity contribution in [2.24, 2.45) is 5.41 Å². The van der Waals surface area contributed by atoms with Crippen LogP contribution < -0.4 is 11.1 Å². The lowest BCUT2D eigenvalue weighted by atomic mass is 9.75. The molecule has 1 fully saturated rings. The first-order valence-electron chi connectivity index (χ1n) is 6.43. The minimum absolute atomic E-state index is 0.249. The summed E-state index contributed by atoms with van der Waals surface area (Å²) < 4.78 is 0. The molecule has 0 aromatic carbocycles. The normalized spacial score (nSPS) is 22.8. The first-order chi connectivity index (χ1) is 8.37. The quantitative estimate of drug-likeness (QED) is 0.807. The molecule has 1 aliphatic rings. The number of nitrogens with zero attached hydrogens (tertiary/aromatic N) is 2. The van der Waals surface area contributed by atoms with Crippen LogP contribution in [0.5, 0.6) is 0 Å². The van der Waals surface area contributed by atoms with Crippen LogP contribution in [0.25, 0.3) is 0 Å². The van der Waals surface area contributed by atoms with Crippen LogP contribution >= 0.6 is 11.6 Å². The van der Waals surface area contributed by atoms with Gasteiger partial charge in [-0.05, 0) is 43.2 Å². The molecule has 0 saturated heterocycles. The number of rotatable bonds is 2. The van der Waals surface area contributed by atoms with Gasteiger partial charge >= 0.3 is 0 Å².